The lowest BCUT2D eigenvalue weighted by atomic mass is 10.1. The second kappa shape index (κ2) is 6.39. The van der Waals surface area contributed by atoms with Gasteiger partial charge in [-0.2, -0.15) is 0 Å². The molecule has 0 spiro atoms. The van der Waals surface area contributed by atoms with Crippen molar-refractivity contribution in [3.05, 3.63) is 66.2 Å². The van der Waals surface area contributed by atoms with Gasteiger partial charge in [-0.25, -0.2) is 0 Å². The maximum Gasteiger partial charge on any atom is 0.251 e. The molecule has 0 radical (unpaired) electrons. The quantitative estimate of drug-likeness (QED) is 0.571. The predicted octanol–water partition coefficient (Wildman–Crippen LogP) is 2.58. The molecule has 6 nitrogen and oxygen atoms in total. The van der Waals surface area contributed by atoms with Gasteiger partial charge in [-0.1, -0.05) is 12.1 Å². The highest BCUT2D eigenvalue weighted by atomic mass is 16.1. The van der Waals surface area contributed by atoms with Crippen molar-refractivity contribution in [2.45, 2.75) is 12.8 Å². The summed E-state index contributed by atoms with van der Waals surface area (Å²) >= 11 is 0. The van der Waals surface area contributed by atoms with Crippen molar-refractivity contribution in [1.82, 2.24) is 24.5 Å². The minimum absolute atomic E-state index is 0.0390. The Labute approximate surface area is 145 Å². The lowest BCUT2D eigenvalue weighted by Crippen LogP contribution is -2.25. The van der Waals surface area contributed by atoms with E-state index in [1.807, 2.05) is 70.9 Å². The van der Waals surface area contributed by atoms with Gasteiger partial charge in [0.05, 0.1) is 0 Å². The average molecular weight is 333 g/mol. The van der Waals surface area contributed by atoms with Crippen LogP contribution in [0.15, 0.2) is 54.9 Å². The summed E-state index contributed by atoms with van der Waals surface area (Å²) in [7, 11) is 1.98. The number of benzene rings is 1. The Morgan fingerprint density at radius 2 is 2.00 bits per heavy atom. The van der Waals surface area contributed by atoms with Crippen LogP contribution in [0, 0.1) is 0 Å². The summed E-state index contributed by atoms with van der Waals surface area (Å²) in [5.41, 5.74) is 2.62. The highest BCUT2D eigenvalue weighted by Gasteiger charge is 2.11. The van der Waals surface area contributed by atoms with E-state index < -0.39 is 0 Å². The van der Waals surface area contributed by atoms with E-state index in [2.05, 4.69) is 15.5 Å². The van der Waals surface area contributed by atoms with Gasteiger partial charge in [0.15, 0.2) is 5.65 Å². The Balaban J connectivity index is 1.39. The van der Waals surface area contributed by atoms with Crippen LogP contribution < -0.4 is 5.32 Å². The van der Waals surface area contributed by atoms with Gasteiger partial charge in [0.1, 0.15) is 5.82 Å². The zero-order chi connectivity index (χ0) is 17.2. The van der Waals surface area contributed by atoms with Crippen LogP contribution in [0.4, 0.5) is 0 Å². The lowest BCUT2D eigenvalue weighted by Gasteiger charge is -2.06. The van der Waals surface area contributed by atoms with Crippen LogP contribution in [0.2, 0.25) is 0 Å². The maximum atomic E-state index is 12.5. The van der Waals surface area contributed by atoms with Crippen molar-refractivity contribution in [3.8, 4) is 0 Å². The fraction of sp³-hybridized carbons (Fsp3) is 0.211. The molecule has 3 heterocycles. The average Bonchev–Trinajstić information content (AvgIpc) is 3.22. The first-order valence-corrected chi connectivity index (χ1v) is 8.35. The van der Waals surface area contributed by atoms with Crippen molar-refractivity contribution in [2.75, 3.05) is 6.54 Å². The number of aryl methyl sites for hydroxylation is 2. The van der Waals surface area contributed by atoms with Crippen molar-refractivity contribution >= 4 is 22.5 Å². The Kier molecular flexibility index (Phi) is 3.93. The molecule has 1 amide bonds. The van der Waals surface area contributed by atoms with Gasteiger partial charge in [-0.05, 0) is 36.8 Å². The van der Waals surface area contributed by atoms with Gasteiger partial charge in [0, 0.05) is 48.9 Å². The van der Waals surface area contributed by atoms with Crippen LogP contribution in [0.5, 0.6) is 0 Å². The van der Waals surface area contributed by atoms with Crippen LogP contribution in [0.3, 0.4) is 0 Å². The summed E-state index contributed by atoms with van der Waals surface area (Å²) in [4.78, 5) is 12.5. The molecule has 0 atom stereocenters. The lowest BCUT2D eigenvalue weighted by molar-refractivity contribution is 0.0955. The molecule has 6 heteroatoms. The number of hydrogen-bond donors (Lipinski definition) is 1. The monoisotopic (exact) mass is 333 g/mol. The van der Waals surface area contributed by atoms with Crippen LogP contribution in [-0.2, 0) is 13.5 Å². The van der Waals surface area contributed by atoms with Crippen molar-refractivity contribution in [2.24, 2.45) is 7.05 Å². The Bertz CT molecular complexity index is 1050. The van der Waals surface area contributed by atoms with Gasteiger partial charge >= 0.3 is 0 Å². The summed E-state index contributed by atoms with van der Waals surface area (Å²) in [6.45, 7) is 0.601. The molecule has 126 valence electrons. The number of rotatable bonds is 5. The van der Waals surface area contributed by atoms with Crippen LogP contribution in [0.25, 0.3) is 16.6 Å². The minimum atomic E-state index is -0.0390. The first kappa shape index (κ1) is 15.4. The molecule has 0 fully saturated rings. The number of nitrogens with zero attached hydrogens (tertiary/aromatic N) is 4. The minimum Gasteiger partial charge on any atom is -0.352 e. The highest BCUT2D eigenvalue weighted by molar-refractivity contribution is 6.06. The second-order valence-electron chi connectivity index (χ2n) is 6.07. The van der Waals surface area contributed by atoms with Gasteiger partial charge < -0.3 is 9.88 Å². The number of fused-ring (bicyclic) bond motifs is 2. The van der Waals surface area contributed by atoms with Crippen LogP contribution >= 0.6 is 0 Å². The molecule has 0 saturated heterocycles. The molecule has 0 aliphatic carbocycles. The number of hydrogen-bond acceptors (Lipinski definition) is 3. The van der Waals surface area contributed by atoms with E-state index >= 15 is 0 Å². The number of amides is 1. The second-order valence-corrected chi connectivity index (χ2v) is 6.07. The van der Waals surface area contributed by atoms with E-state index in [9.17, 15) is 4.79 Å². The van der Waals surface area contributed by atoms with E-state index in [4.69, 9.17) is 0 Å². The van der Waals surface area contributed by atoms with Gasteiger partial charge in [-0.15, -0.1) is 10.2 Å². The number of aromatic nitrogens is 4. The largest absolute Gasteiger partial charge is 0.352 e. The molecule has 4 aromatic rings. The summed E-state index contributed by atoms with van der Waals surface area (Å²) in [5, 5.41) is 12.3. The Hall–Kier alpha value is -3.15. The predicted molar refractivity (Wildman–Crippen MR) is 96.6 cm³/mol. The summed E-state index contributed by atoms with van der Waals surface area (Å²) in [6, 6.07) is 13.6. The number of carbonyl (C=O) groups is 1. The third kappa shape index (κ3) is 2.87. The van der Waals surface area contributed by atoms with Crippen molar-refractivity contribution in [1.29, 1.82) is 0 Å². The molecule has 25 heavy (non-hydrogen) atoms. The Morgan fingerprint density at radius 3 is 2.92 bits per heavy atom. The fourth-order valence-electron chi connectivity index (χ4n) is 3.11. The maximum absolute atomic E-state index is 12.5. The van der Waals surface area contributed by atoms with Crippen molar-refractivity contribution in [3.63, 3.8) is 0 Å². The molecule has 1 aromatic carbocycles. The third-order valence-electron chi connectivity index (χ3n) is 4.42. The van der Waals surface area contributed by atoms with E-state index in [0.29, 0.717) is 12.1 Å². The molecule has 0 saturated carbocycles. The topological polar surface area (TPSA) is 64.2 Å². The van der Waals surface area contributed by atoms with Gasteiger partial charge in [0.2, 0.25) is 0 Å². The molecular weight excluding hydrogens is 314 g/mol. The molecule has 4 rings (SSSR count). The van der Waals surface area contributed by atoms with Gasteiger partial charge in [-0.3, -0.25) is 9.20 Å². The first-order chi connectivity index (χ1) is 12.2. The van der Waals surface area contributed by atoms with E-state index in [1.165, 1.54) is 0 Å². The smallest absolute Gasteiger partial charge is 0.251 e. The summed E-state index contributed by atoms with van der Waals surface area (Å²) < 4.78 is 4.00. The number of pyridine rings is 1. The van der Waals surface area contributed by atoms with Crippen molar-refractivity contribution < 1.29 is 4.79 Å². The molecule has 0 unspecified atom stereocenters. The van der Waals surface area contributed by atoms with Crippen LogP contribution in [0.1, 0.15) is 22.6 Å². The Morgan fingerprint density at radius 1 is 1.08 bits per heavy atom. The highest BCUT2D eigenvalue weighted by Crippen LogP contribution is 2.19. The van der Waals surface area contributed by atoms with E-state index in [1.54, 1.807) is 0 Å². The first-order valence-electron chi connectivity index (χ1n) is 8.35. The van der Waals surface area contributed by atoms with E-state index in [0.717, 1.165) is 35.2 Å². The molecular formula is C19H19N5O. The molecule has 0 aliphatic rings. The zero-order valence-electron chi connectivity index (χ0n) is 14.0. The SMILES string of the molecule is Cn1ccc2c(C(=O)NCCCc3nnc4ccccn34)cccc21. The molecule has 0 bridgehead atoms. The molecule has 1 N–H and O–H groups in total. The third-order valence-corrected chi connectivity index (χ3v) is 4.42. The normalized spacial score (nSPS) is 11.2. The zero-order valence-corrected chi connectivity index (χ0v) is 14.0. The number of nitrogens with one attached hydrogen (secondary N) is 1. The standard InChI is InChI=1S/C19H19N5O/c1-23-13-10-14-15(6-4-7-16(14)23)19(25)20-11-5-9-18-22-21-17-8-2-3-12-24(17)18/h2-4,6-8,10,12-13H,5,9,11H2,1H3,(H,20,25). The summed E-state index contributed by atoms with van der Waals surface area (Å²) in [6.07, 6.45) is 5.50. The summed E-state index contributed by atoms with van der Waals surface area (Å²) in [5.74, 6) is 0.873. The van der Waals surface area contributed by atoms with Crippen LogP contribution in [-0.4, -0.2) is 31.6 Å². The molecule has 0 aliphatic heterocycles. The van der Waals surface area contributed by atoms with E-state index in [-0.39, 0.29) is 5.91 Å². The molecule has 3 aromatic heterocycles. The van der Waals surface area contributed by atoms with Gasteiger partial charge in [0.25, 0.3) is 5.91 Å². The fourth-order valence-corrected chi connectivity index (χ4v) is 3.11. The number of carbonyl (C=O) groups excluding carboxylic acids is 1.